The monoisotopic (exact) mass is 162 g/mol. The second kappa shape index (κ2) is 2.99. The van der Waals surface area contributed by atoms with Gasteiger partial charge in [-0.15, -0.1) is 0 Å². The van der Waals surface area contributed by atoms with Gasteiger partial charge in [0.25, 0.3) is 0 Å². The van der Waals surface area contributed by atoms with E-state index in [-0.39, 0.29) is 0 Å². The molecule has 0 spiro atoms. The number of benzene rings is 1. The van der Waals surface area contributed by atoms with E-state index in [0.717, 1.165) is 10.9 Å². The van der Waals surface area contributed by atoms with E-state index >= 15 is 0 Å². The van der Waals surface area contributed by atoms with Crippen LogP contribution in [0.5, 0.6) is 0 Å². The highest BCUT2D eigenvalue weighted by molar-refractivity contribution is 5.79. The predicted octanol–water partition coefficient (Wildman–Crippen LogP) is 2.25. The number of hydrogen-bond donors (Lipinski definition) is 0. The van der Waals surface area contributed by atoms with E-state index in [1.165, 1.54) is 0 Å². The summed E-state index contributed by atoms with van der Waals surface area (Å²) in [4.78, 5) is 0. The van der Waals surface area contributed by atoms with Gasteiger partial charge in [-0.3, -0.25) is 0 Å². The molecule has 0 aliphatic carbocycles. The van der Waals surface area contributed by atoms with Crippen LogP contribution < -0.4 is 0 Å². The van der Waals surface area contributed by atoms with Crippen molar-refractivity contribution in [3.8, 4) is 0 Å². The van der Waals surface area contributed by atoms with Gasteiger partial charge in [0.05, 0.1) is 1.37 Å². The Kier molecular flexibility index (Phi) is 1.56. The Bertz CT molecular complexity index is 422. The van der Waals surface area contributed by atoms with Gasteiger partial charge >= 0.3 is 0 Å². The Morgan fingerprint density at radius 1 is 1.50 bits per heavy atom. The molecule has 1 aromatic carbocycles. The molecule has 0 N–H and O–H groups in total. The average molecular weight is 162 g/mol. The Hall–Kier alpha value is -1.28. The van der Waals surface area contributed by atoms with Crippen molar-refractivity contribution >= 4 is 10.9 Å². The number of fused-ring (bicyclic) bond motifs is 1. The van der Waals surface area contributed by atoms with Crippen molar-refractivity contribution in [1.29, 1.82) is 0 Å². The number of nitrogens with zero attached hydrogens (tertiary/aromatic N) is 1. The third-order valence-corrected chi connectivity index (χ3v) is 1.88. The average Bonchev–Trinajstić information content (AvgIpc) is 2.49. The first-order chi connectivity index (χ1) is 6.31. The normalized spacial score (nSPS) is 11.9. The maximum absolute atomic E-state index is 7.45. The summed E-state index contributed by atoms with van der Waals surface area (Å²) in [6, 6.07) is 8.11. The van der Waals surface area contributed by atoms with Crippen LogP contribution in [0.15, 0.2) is 36.5 Å². The topological polar surface area (TPSA) is 14.2 Å². The fraction of sp³-hybridized carbons (Fsp3) is 0.200. The van der Waals surface area contributed by atoms with E-state index in [9.17, 15) is 0 Å². The molecular weight excluding hydrogens is 150 g/mol. The summed E-state index contributed by atoms with van der Waals surface area (Å²) in [7, 11) is 1.67. The SMILES string of the molecule is [2H]c1ccc2c(ccn2COC)c1. The molecule has 0 amide bonds. The Balaban J connectivity index is 2.55. The van der Waals surface area contributed by atoms with Crippen molar-refractivity contribution in [3.05, 3.63) is 36.5 Å². The van der Waals surface area contributed by atoms with Crippen molar-refractivity contribution in [2.45, 2.75) is 6.73 Å². The van der Waals surface area contributed by atoms with Gasteiger partial charge in [0.15, 0.2) is 0 Å². The van der Waals surface area contributed by atoms with Crippen molar-refractivity contribution < 1.29 is 6.11 Å². The van der Waals surface area contributed by atoms with Crippen LogP contribution in [-0.4, -0.2) is 11.7 Å². The summed E-state index contributed by atoms with van der Waals surface area (Å²) in [5, 5.41) is 1.09. The Labute approximate surface area is 72.8 Å². The van der Waals surface area contributed by atoms with Gasteiger partial charge in [-0.2, -0.15) is 0 Å². The summed E-state index contributed by atoms with van der Waals surface area (Å²) in [6.45, 7) is 0.556. The van der Waals surface area contributed by atoms with Gasteiger partial charge in [0.1, 0.15) is 6.73 Å². The second-order valence-electron chi connectivity index (χ2n) is 2.69. The number of rotatable bonds is 2. The number of aromatic nitrogens is 1. The number of ether oxygens (including phenoxy) is 1. The number of hydrogen-bond acceptors (Lipinski definition) is 1. The van der Waals surface area contributed by atoms with Gasteiger partial charge < -0.3 is 9.30 Å². The van der Waals surface area contributed by atoms with Gasteiger partial charge in [-0.25, -0.2) is 0 Å². The van der Waals surface area contributed by atoms with Crippen LogP contribution in [0.1, 0.15) is 1.37 Å². The zero-order valence-electron chi connectivity index (χ0n) is 7.95. The zero-order valence-corrected chi connectivity index (χ0v) is 6.95. The molecule has 2 heteroatoms. The van der Waals surface area contributed by atoms with Crippen LogP contribution in [0.2, 0.25) is 0 Å². The minimum Gasteiger partial charge on any atom is -0.364 e. The highest BCUT2D eigenvalue weighted by Crippen LogP contribution is 2.14. The van der Waals surface area contributed by atoms with Crippen molar-refractivity contribution in [1.82, 2.24) is 4.57 Å². The van der Waals surface area contributed by atoms with Gasteiger partial charge in [-0.1, -0.05) is 18.2 Å². The lowest BCUT2D eigenvalue weighted by Crippen LogP contribution is -1.96. The van der Waals surface area contributed by atoms with Crippen LogP contribution >= 0.6 is 0 Å². The largest absolute Gasteiger partial charge is 0.364 e. The van der Waals surface area contributed by atoms with E-state index in [0.29, 0.717) is 12.8 Å². The standard InChI is InChI=1S/C10H11NO/c1-12-8-11-7-6-9-4-2-3-5-10(9)11/h2-7H,8H2,1H3/i2D. The molecule has 0 saturated heterocycles. The summed E-state index contributed by atoms with van der Waals surface area (Å²) in [5.41, 5.74) is 1.11. The lowest BCUT2D eigenvalue weighted by Gasteiger charge is -2.01. The second-order valence-corrected chi connectivity index (χ2v) is 2.69. The summed E-state index contributed by atoms with van der Waals surface area (Å²) in [5.74, 6) is 0. The molecular formula is C10H11NO. The van der Waals surface area contributed by atoms with Gasteiger partial charge in [0, 0.05) is 18.8 Å². The molecule has 2 aromatic rings. The predicted molar refractivity (Wildman–Crippen MR) is 48.9 cm³/mol. The van der Waals surface area contributed by atoms with E-state index in [1.54, 1.807) is 13.2 Å². The highest BCUT2D eigenvalue weighted by atomic mass is 16.5. The molecule has 1 aromatic heterocycles. The molecule has 0 aliphatic heterocycles. The summed E-state index contributed by atoms with van der Waals surface area (Å²) in [6.07, 6.45) is 1.97. The molecule has 1 heterocycles. The highest BCUT2D eigenvalue weighted by Gasteiger charge is 1.96. The molecule has 0 unspecified atom stereocenters. The van der Waals surface area contributed by atoms with E-state index < -0.39 is 0 Å². The van der Waals surface area contributed by atoms with E-state index in [4.69, 9.17) is 6.11 Å². The fourth-order valence-electron chi connectivity index (χ4n) is 1.33. The zero-order chi connectivity index (χ0) is 9.26. The molecule has 2 nitrogen and oxygen atoms in total. The third kappa shape index (κ3) is 1.10. The Morgan fingerprint density at radius 3 is 3.25 bits per heavy atom. The minimum atomic E-state index is 0.544. The van der Waals surface area contributed by atoms with Crippen LogP contribution in [0.25, 0.3) is 10.9 Å². The van der Waals surface area contributed by atoms with E-state index in [2.05, 4.69) is 0 Å². The molecule has 2 rings (SSSR count). The Morgan fingerprint density at radius 2 is 2.42 bits per heavy atom. The van der Waals surface area contributed by atoms with Crippen LogP contribution in [-0.2, 0) is 11.5 Å². The van der Waals surface area contributed by atoms with Crippen molar-refractivity contribution in [2.24, 2.45) is 0 Å². The molecule has 12 heavy (non-hydrogen) atoms. The van der Waals surface area contributed by atoms with Crippen LogP contribution in [0.3, 0.4) is 0 Å². The maximum atomic E-state index is 7.45. The van der Waals surface area contributed by atoms with Gasteiger partial charge in [-0.05, 0) is 17.5 Å². The number of methoxy groups -OCH3 is 1. The molecule has 62 valence electrons. The molecule has 0 fully saturated rings. The fourth-order valence-corrected chi connectivity index (χ4v) is 1.33. The summed E-state index contributed by atoms with van der Waals surface area (Å²) < 4.78 is 14.5. The lowest BCUT2D eigenvalue weighted by molar-refractivity contribution is 0.135. The third-order valence-electron chi connectivity index (χ3n) is 1.88. The molecule has 0 atom stereocenters. The molecule has 0 saturated carbocycles. The van der Waals surface area contributed by atoms with E-state index in [1.807, 2.05) is 29.0 Å². The lowest BCUT2D eigenvalue weighted by atomic mass is 10.2. The van der Waals surface area contributed by atoms with Crippen molar-refractivity contribution in [3.63, 3.8) is 0 Å². The first-order valence-corrected chi connectivity index (χ1v) is 3.85. The number of para-hydroxylation sites is 1. The smallest absolute Gasteiger partial charge is 0.122 e. The first-order valence-electron chi connectivity index (χ1n) is 4.35. The minimum absolute atomic E-state index is 0.544. The maximum Gasteiger partial charge on any atom is 0.122 e. The van der Waals surface area contributed by atoms with Crippen LogP contribution in [0.4, 0.5) is 0 Å². The molecule has 0 aliphatic rings. The van der Waals surface area contributed by atoms with Crippen molar-refractivity contribution in [2.75, 3.05) is 7.11 Å². The quantitative estimate of drug-likeness (QED) is 0.660. The molecule has 0 radical (unpaired) electrons. The van der Waals surface area contributed by atoms with Crippen LogP contribution in [0, 0.1) is 0 Å². The molecule has 0 bridgehead atoms. The summed E-state index contributed by atoms with van der Waals surface area (Å²) >= 11 is 0. The van der Waals surface area contributed by atoms with Gasteiger partial charge in [0.2, 0.25) is 0 Å². The first kappa shape index (κ1) is 6.26.